The number of para-hydroxylation sites is 1. The Kier molecular flexibility index (Phi) is 4.66. The Balaban J connectivity index is 1.95. The molecule has 5 heteroatoms. The lowest BCUT2D eigenvalue weighted by Crippen LogP contribution is -2.21. The molecular weight excluding hydrogens is 268 g/mol. The third-order valence-corrected chi connectivity index (χ3v) is 2.99. The summed E-state index contributed by atoms with van der Waals surface area (Å²) in [5.41, 5.74) is 7.80. The molecule has 2 aromatic rings. The molecule has 0 saturated carbocycles. The number of anilines is 2. The topological polar surface area (TPSA) is 73.6 Å². The van der Waals surface area contributed by atoms with E-state index in [2.05, 4.69) is 5.32 Å². The van der Waals surface area contributed by atoms with Gasteiger partial charge in [0, 0.05) is 6.07 Å². The zero-order valence-electron chi connectivity index (χ0n) is 12.1. The first kappa shape index (κ1) is 14.7. The molecule has 21 heavy (non-hydrogen) atoms. The summed E-state index contributed by atoms with van der Waals surface area (Å²) in [6, 6.07) is 12.6. The van der Waals surface area contributed by atoms with Gasteiger partial charge in [-0.1, -0.05) is 18.2 Å². The summed E-state index contributed by atoms with van der Waals surface area (Å²) >= 11 is 0. The van der Waals surface area contributed by atoms with E-state index in [4.69, 9.17) is 15.2 Å². The maximum atomic E-state index is 11.9. The van der Waals surface area contributed by atoms with E-state index in [1.807, 2.05) is 31.2 Å². The molecule has 0 fully saturated rings. The van der Waals surface area contributed by atoms with Crippen molar-refractivity contribution < 1.29 is 14.3 Å². The number of carbonyl (C=O) groups excluding carboxylic acids is 1. The summed E-state index contributed by atoms with van der Waals surface area (Å²) in [5.74, 6) is 1.06. The van der Waals surface area contributed by atoms with Crippen molar-refractivity contribution in [3.63, 3.8) is 0 Å². The minimum absolute atomic E-state index is 0.0731. The Hall–Kier alpha value is -2.69. The van der Waals surface area contributed by atoms with E-state index in [1.165, 1.54) is 0 Å². The zero-order chi connectivity index (χ0) is 15.2. The largest absolute Gasteiger partial charge is 0.497 e. The van der Waals surface area contributed by atoms with Gasteiger partial charge in [-0.05, 0) is 30.7 Å². The molecule has 0 bridgehead atoms. The number of aryl methyl sites for hydroxylation is 1. The van der Waals surface area contributed by atoms with E-state index in [-0.39, 0.29) is 12.5 Å². The fourth-order valence-corrected chi connectivity index (χ4v) is 1.83. The molecular formula is C16H18N2O3. The molecule has 0 atom stereocenters. The number of carbonyl (C=O) groups is 1. The van der Waals surface area contributed by atoms with E-state index in [1.54, 1.807) is 25.3 Å². The van der Waals surface area contributed by atoms with Gasteiger partial charge in [-0.2, -0.15) is 0 Å². The maximum absolute atomic E-state index is 11.9. The van der Waals surface area contributed by atoms with E-state index in [0.717, 1.165) is 5.56 Å². The number of ether oxygens (including phenoxy) is 2. The molecule has 0 spiro atoms. The third kappa shape index (κ3) is 3.89. The van der Waals surface area contributed by atoms with Gasteiger partial charge in [0.25, 0.3) is 5.91 Å². The molecule has 0 aliphatic rings. The highest BCUT2D eigenvalue weighted by Crippen LogP contribution is 2.24. The van der Waals surface area contributed by atoms with Gasteiger partial charge in [-0.15, -0.1) is 0 Å². The minimum atomic E-state index is -0.268. The average Bonchev–Trinajstić information content (AvgIpc) is 2.48. The summed E-state index contributed by atoms with van der Waals surface area (Å²) in [6.07, 6.45) is 0. The lowest BCUT2D eigenvalue weighted by molar-refractivity contribution is -0.118. The van der Waals surface area contributed by atoms with Crippen LogP contribution in [0, 0.1) is 6.92 Å². The molecule has 2 rings (SSSR count). The van der Waals surface area contributed by atoms with Crippen molar-refractivity contribution in [2.75, 3.05) is 24.8 Å². The highest BCUT2D eigenvalue weighted by atomic mass is 16.5. The Morgan fingerprint density at radius 3 is 2.67 bits per heavy atom. The van der Waals surface area contributed by atoms with Crippen LogP contribution < -0.4 is 20.5 Å². The number of rotatable bonds is 5. The number of nitrogens with two attached hydrogens (primary N) is 1. The van der Waals surface area contributed by atoms with E-state index in [0.29, 0.717) is 22.9 Å². The number of hydrogen-bond acceptors (Lipinski definition) is 4. The Bertz CT molecular complexity index is 641. The highest BCUT2D eigenvalue weighted by molar-refractivity contribution is 5.95. The number of hydrogen-bond donors (Lipinski definition) is 2. The van der Waals surface area contributed by atoms with Crippen molar-refractivity contribution in [3.05, 3.63) is 48.0 Å². The molecule has 2 aromatic carbocycles. The Morgan fingerprint density at radius 1 is 1.24 bits per heavy atom. The van der Waals surface area contributed by atoms with Gasteiger partial charge in [0.2, 0.25) is 0 Å². The minimum Gasteiger partial charge on any atom is -0.497 e. The van der Waals surface area contributed by atoms with Crippen LogP contribution in [0.2, 0.25) is 0 Å². The second-order valence-corrected chi connectivity index (χ2v) is 4.56. The fourth-order valence-electron chi connectivity index (χ4n) is 1.83. The average molecular weight is 286 g/mol. The molecule has 110 valence electrons. The van der Waals surface area contributed by atoms with Gasteiger partial charge in [0.05, 0.1) is 18.5 Å². The summed E-state index contributed by atoms with van der Waals surface area (Å²) in [6.45, 7) is 1.85. The van der Waals surface area contributed by atoms with Crippen molar-refractivity contribution in [1.82, 2.24) is 0 Å². The van der Waals surface area contributed by atoms with Crippen LogP contribution in [-0.2, 0) is 4.79 Å². The zero-order valence-corrected chi connectivity index (χ0v) is 12.1. The summed E-state index contributed by atoms with van der Waals surface area (Å²) in [7, 11) is 1.56. The smallest absolute Gasteiger partial charge is 0.262 e. The van der Waals surface area contributed by atoms with Crippen molar-refractivity contribution in [3.8, 4) is 11.5 Å². The number of benzene rings is 2. The summed E-state index contributed by atoms with van der Waals surface area (Å²) < 4.78 is 10.5. The summed E-state index contributed by atoms with van der Waals surface area (Å²) in [4.78, 5) is 11.9. The Morgan fingerprint density at radius 2 is 2.00 bits per heavy atom. The summed E-state index contributed by atoms with van der Waals surface area (Å²) in [5, 5.41) is 2.71. The highest BCUT2D eigenvalue weighted by Gasteiger charge is 2.08. The molecule has 0 aliphatic carbocycles. The predicted octanol–water partition coefficient (Wildman–Crippen LogP) is 2.60. The molecule has 5 nitrogen and oxygen atoms in total. The van der Waals surface area contributed by atoms with Gasteiger partial charge in [0.15, 0.2) is 6.61 Å². The van der Waals surface area contributed by atoms with Crippen LogP contribution in [0.5, 0.6) is 11.5 Å². The first-order valence-corrected chi connectivity index (χ1v) is 6.52. The van der Waals surface area contributed by atoms with Gasteiger partial charge >= 0.3 is 0 Å². The first-order chi connectivity index (χ1) is 10.1. The molecule has 0 aromatic heterocycles. The van der Waals surface area contributed by atoms with E-state index in [9.17, 15) is 4.79 Å². The SMILES string of the molecule is COc1ccc(NC(=O)COc2ccccc2C)c(N)c1. The normalized spacial score (nSPS) is 10.0. The Labute approximate surface area is 123 Å². The van der Waals surface area contributed by atoms with Crippen molar-refractivity contribution in [2.24, 2.45) is 0 Å². The van der Waals surface area contributed by atoms with Gasteiger partial charge in [0.1, 0.15) is 11.5 Å². The predicted molar refractivity (Wildman–Crippen MR) is 82.7 cm³/mol. The van der Waals surface area contributed by atoms with Crippen molar-refractivity contribution in [1.29, 1.82) is 0 Å². The first-order valence-electron chi connectivity index (χ1n) is 6.52. The van der Waals surface area contributed by atoms with Crippen LogP contribution in [0.15, 0.2) is 42.5 Å². The standard InChI is InChI=1S/C16H18N2O3/c1-11-5-3-4-6-15(11)21-10-16(19)18-14-8-7-12(20-2)9-13(14)17/h3-9H,10,17H2,1-2H3,(H,18,19). The van der Waals surface area contributed by atoms with Crippen LogP contribution in [0.3, 0.4) is 0 Å². The van der Waals surface area contributed by atoms with Crippen LogP contribution in [0.4, 0.5) is 11.4 Å². The third-order valence-electron chi connectivity index (χ3n) is 2.99. The number of methoxy groups -OCH3 is 1. The van der Waals surface area contributed by atoms with Crippen LogP contribution in [-0.4, -0.2) is 19.6 Å². The van der Waals surface area contributed by atoms with Crippen LogP contribution in [0.1, 0.15) is 5.56 Å². The number of nitrogen functional groups attached to an aromatic ring is 1. The number of amides is 1. The number of nitrogens with one attached hydrogen (secondary N) is 1. The molecule has 0 heterocycles. The molecule has 1 amide bonds. The second-order valence-electron chi connectivity index (χ2n) is 4.56. The molecule has 0 aliphatic heterocycles. The quantitative estimate of drug-likeness (QED) is 0.829. The maximum Gasteiger partial charge on any atom is 0.262 e. The van der Waals surface area contributed by atoms with E-state index >= 15 is 0 Å². The van der Waals surface area contributed by atoms with E-state index < -0.39 is 0 Å². The van der Waals surface area contributed by atoms with Gasteiger partial charge in [-0.3, -0.25) is 4.79 Å². The van der Waals surface area contributed by atoms with Crippen molar-refractivity contribution in [2.45, 2.75) is 6.92 Å². The molecule has 3 N–H and O–H groups in total. The lowest BCUT2D eigenvalue weighted by Gasteiger charge is -2.11. The molecule has 0 radical (unpaired) electrons. The monoisotopic (exact) mass is 286 g/mol. The molecule has 0 saturated heterocycles. The van der Waals surface area contributed by atoms with Gasteiger partial charge in [-0.25, -0.2) is 0 Å². The van der Waals surface area contributed by atoms with Crippen LogP contribution >= 0.6 is 0 Å². The molecule has 0 unspecified atom stereocenters. The fraction of sp³-hybridized carbons (Fsp3) is 0.188. The lowest BCUT2D eigenvalue weighted by atomic mass is 10.2. The van der Waals surface area contributed by atoms with Crippen molar-refractivity contribution >= 4 is 17.3 Å². The second kappa shape index (κ2) is 6.65. The van der Waals surface area contributed by atoms with Crippen LogP contribution in [0.25, 0.3) is 0 Å². The van der Waals surface area contributed by atoms with Gasteiger partial charge < -0.3 is 20.5 Å².